The molecule has 13 heavy (non-hydrogen) atoms. The molecule has 0 aliphatic rings. The van der Waals surface area contributed by atoms with Crippen molar-refractivity contribution in [2.45, 2.75) is 54.9 Å². The van der Waals surface area contributed by atoms with Crippen LogP contribution in [0.15, 0.2) is 25.3 Å². The van der Waals surface area contributed by atoms with E-state index in [9.17, 15) is 0 Å². The molecule has 0 aromatic heterocycles. The van der Waals surface area contributed by atoms with Gasteiger partial charge in [-0.25, -0.2) is 0 Å². The predicted octanol–water partition coefficient (Wildman–Crippen LogP) is 5.46. The van der Waals surface area contributed by atoms with E-state index in [2.05, 4.69) is 46.1 Å². The van der Waals surface area contributed by atoms with Crippen LogP contribution in [-0.4, -0.2) is 0 Å². The Balaban J connectivity index is -0.0000000712. The van der Waals surface area contributed by atoms with Gasteiger partial charge in [-0.05, 0) is 12.3 Å². The molecule has 0 aromatic rings. The summed E-state index contributed by atoms with van der Waals surface area (Å²) in [6, 6.07) is 0. The van der Waals surface area contributed by atoms with E-state index in [-0.39, 0.29) is 7.43 Å². The van der Waals surface area contributed by atoms with E-state index in [1.807, 2.05) is 13.8 Å². The zero-order valence-corrected chi connectivity index (χ0v) is 9.56. The molecule has 0 amide bonds. The van der Waals surface area contributed by atoms with E-state index in [4.69, 9.17) is 0 Å². The lowest BCUT2D eigenvalue weighted by molar-refractivity contribution is 0.695. The molecule has 0 bridgehead atoms. The summed E-state index contributed by atoms with van der Waals surface area (Å²) >= 11 is 0. The second-order valence-corrected chi connectivity index (χ2v) is 2.22. The van der Waals surface area contributed by atoms with E-state index >= 15 is 0 Å². The molecule has 0 aromatic carbocycles. The number of hydrogen-bond donors (Lipinski definition) is 0. The average molecular weight is 186 g/mol. The quantitative estimate of drug-likeness (QED) is 0.513. The molecule has 0 radical (unpaired) electrons. The third kappa shape index (κ3) is 34.4. The first-order chi connectivity index (χ1) is 5.81. The van der Waals surface area contributed by atoms with Crippen molar-refractivity contribution in [3.63, 3.8) is 0 Å². The van der Waals surface area contributed by atoms with Crippen molar-refractivity contribution < 1.29 is 0 Å². The summed E-state index contributed by atoms with van der Waals surface area (Å²) in [5, 5.41) is 0. The van der Waals surface area contributed by atoms with Gasteiger partial charge in [-0.1, -0.05) is 60.6 Å². The van der Waals surface area contributed by atoms with E-state index < -0.39 is 0 Å². The van der Waals surface area contributed by atoms with Gasteiger partial charge in [0.1, 0.15) is 0 Å². The second-order valence-electron chi connectivity index (χ2n) is 2.22. The fourth-order valence-corrected chi connectivity index (χ4v) is 0.504. The van der Waals surface area contributed by atoms with E-state index in [0.717, 1.165) is 5.92 Å². The number of allylic oxidation sites excluding steroid dienone is 2. The summed E-state index contributed by atoms with van der Waals surface area (Å²) in [6.07, 6.45) is 6.94. The van der Waals surface area contributed by atoms with Crippen LogP contribution in [0, 0.1) is 5.92 Å². The highest BCUT2D eigenvalue weighted by atomic mass is 13.9. The maximum Gasteiger partial charge on any atom is -0.0265 e. The summed E-state index contributed by atoms with van der Waals surface area (Å²) in [5.41, 5.74) is 0. The summed E-state index contributed by atoms with van der Waals surface area (Å²) < 4.78 is 0. The van der Waals surface area contributed by atoms with Crippen molar-refractivity contribution in [2.75, 3.05) is 0 Å². The molecule has 0 heteroatoms. The highest BCUT2D eigenvalue weighted by Gasteiger charge is 1.87. The molecule has 0 N–H and O–H groups in total. The van der Waals surface area contributed by atoms with Gasteiger partial charge in [0, 0.05) is 0 Å². The molecule has 1 atom stereocenters. The minimum Gasteiger partial charge on any atom is -0.106 e. The largest absolute Gasteiger partial charge is 0.106 e. The molecule has 0 aliphatic heterocycles. The molecule has 0 fully saturated rings. The molecule has 0 aliphatic carbocycles. The van der Waals surface area contributed by atoms with Gasteiger partial charge in [-0.15, -0.1) is 13.2 Å². The van der Waals surface area contributed by atoms with Crippen molar-refractivity contribution in [3.8, 4) is 0 Å². The highest BCUT2D eigenvalue weighted by molar-refractivity contribution is 4.84. The van der Waals surface area contributed by atoms with Gasteiger partial charge in [0.25, 0.3) is 0 Å². The monoisotopic (exact) mass is 186 g/mol. The smallest absolute Gasteiger partial charge is 0.0265 e. The van der Waals surface area contributed by atoms with E-state index in [1.165, 1.54) is 12.8 Å². The Bertz CT molecular complexity index is 72.1. The zero-order chi connectivity index (χ0) is 10.4. The van der Waals surface area contributed by atoms with Gasteiger partial charge in [0.15, 0.2) is 0 Å². The van der Waals surface area contributed by atoms with Gasteiger partial charge in [0.2, 0.25) is 0 Å². The van der Waals surface area contributed by atoms with Crippen LogP contribution in [0.1, 0.15) is 54.9 Å². The zero-order valence-electron chi connectivity index (χ0n) is 9.56. The van der Waals surface area contributed by atoms with E-state index in [0.29, 0.717) is 0 Å². The lowest BCUT2D eigenvalue weighted by atomic mass is 10.1. The predicted molar refractivity (Wildman–Crippen MR) is 68.2 cm³/mol. The van der Waals surface area contributed by atoms with Crippen LogP contribution in [0.5, 0.6) is 0 Å². The Morgan fingerprint density at radius 1 is 1.15 bits per heavy atom. The van der Waals surface area contributed by atoms with Crippen molar-refractivity contribution in [2.24, 2.45) is 5.92 Å². The summed E-state index contributed by atoms with van der Waals surface area (Å²) in [4.78, 5) is 0. The molecule has 0 heterocycles. The SMILES string of the molecule is C.C=C.CC.CC/C=C\[C@@H](C)CC. The van der Waals surface area contributed by atoms with Crippen molar-refractivity contribution in [3.05, 3.63) is 25.3 Å². The Kier molecular flexibility index (Phi) is 52.8. The van der Waals surface area contributed by atoms with Crippen LogP contribution in [-0.2, 0) is 0 Å². The highest BCUT2D eigenvalue weighted by Crippen LogP contribution is 2.01. The second kappa shape index (κ2) is 30.0. The van der Waals surface area contributed by atoms with Gasteiger partial charge in [0.05, 0.1) is 0 Å². The van der Waals surface area contributed by atoms with Gasteiger partial charge < -0.3 is 0 Å². The van der Waals surface area contributed by atoms with Gasteiger partial charge in [-0.2, -0.15) is 0 Å². The normalized spacial score (nSPS) is 9.92. The van der Waals surface area contributed by atoms with Crippen molar-refractivity contribution in [1.82, 2.24) is 0 Å². The van der Waals surface area contributed by atoms with Crippen molar-refractivity contribution >= 4 is 0 Å². The maximum absolute atomic E-state index is 3.00. The van der Waals surface area contributed by atoms with Crippen LogP contribution in [0.3, 0.4) is 0 Å². The van der Waals surface area contributed by atoms with Gasteiger partial charge >= 0.3 is 0 Å². The first-order valence-corrected chi connectivity index (χ1v) is 4.97. The molecular formula is C13H30. The number of hydrogen-bond acceptors (Lipinski definition) is 0. The Morgan fingerprint density at radius 2 is 1.54 bits per heavy atom. The third-order valence-electron chi connectivity index (χ3n) is 1.34. The van der Waals surface area contributed by atoms with Gasteiger partial charge in [-0.3, -0.25) is 0 Å². The first-order valence-electron chi connectivity index (χ1n) is 4.97. The third-order valence-corrected chi connectivity index (χ3v) is 1.34. The Hall–Kier alpha value is -0.520. The van der Waals surface area contributed by atoms with Crippen LogP contribution in [0.25, 0.3) is 0 Å². The molecule has 0 rings (SSSR count). The number of rotatable bonds is 3. The topological polar surface area (TPSA) is 0 Å². The molecular weight excluding hydrogens is 156 g/mol. The molecule has 0 spiro atoms. The summed E-state index contributed by atoms with van der Waals surface area (Å²) in [6.45, 7) is 16.6. The standard InChI is InChI=1S/C8H16.C2H6.C2H4.CH4/c1-4-6-7-8(3)5-2;2*1-2;/h6-8H,4-5H2,1-3H3;1-2H3;1-2H2;1H4/b7-6-;;;/t8-;;;/m0.../s1. The maximum atomic E-state index is 3.00. The first kappa shape index (κ1) is 22.9. The summed E-state index contributed by atoms with van der Waals surface area (Å²) in [5.74, 6) is 0.773. The fraction of sp³-hybridized carbons (Fsp3) is 0.692. The lowest BCUT2D eigenvalue weighted by Crippen LogP contribution is -1.82. The van der Waals surface area contributed by atoms with Crippen LogP contribution >= 0.6 is 0 Å². The minimum absolute atomic E-state index is 0. The molecule has 0 saturated heterocycles. The van der Waals surface area contributed by atoms with Crippen LogP contribution in [0.2, 0.25) is 0 Å². The molecule has 0 nitrogen and oxygen atoms in total. The molecule has 82 valence electrons. The van der Waals surface area contributed by atoms with Crippen LogP contribution in [0.4, 0.5) is 0 Å². The summed E-state index contributed by atoms with van der Waals surface area (Å²) in [7, 11) is 0. The average Bonchev–Trinajstić information content (AvgIpc) is 2.20. The van der Waals surface area contributed by atoms with Crippen LogP contribution < -0.4 is 0 Å². The lowest BCUT2D eigenvalue weighted by Gasteiger charge is -1.96. The molecule has 0 unspecified atom stereocenters. The minimum atomic E-state index is 0. The Morgan fingerprint density at radius 3 is 1.77 bits per heavy atom. The molecule has 0 saturated carbocycles. The van der Waals surface area contributed by atoms with Crippen molar-refractivity contribution in [1.29, 1.82) is 0 Å². The Labute approximate surface area is 86.8 Å². The fourth-order valence-electron chi connectivity index (χ4n) is 0.504. The van der Waals surface area contributed by atoms with E-state index in [1.54, 1.807) is 0 Å².